The third kappa shape index (κ3) is 2.41. The predicted molar refractivity (Wildman–Crippen MR) is 77.7 cm³/mol. The van der Waals surface area contributed by atoms with Crippen LogP contribution in [0.15, 0.2) is 36.5 Å². The zero-order valence-corrected chi connectivity index (χ0v) is 11.3. The van der Waals surface area contributed by atoms with E-state index in [2.05, 4.69) is 54.5 Å². The second kappa shape index (κ2) is 4.92. The smallest absolute Gasteiger partial charge is 0.168 e. The summed E-state index contributed by atoms with van der Waals surface area (Å²) in [6, 6.07) is 10.7. The van der Waals surface area contributed by atoms with Gasteiger partial charge in [-0.1, -0.05) is 38.1 Å². The van der Waals surface area contributed by atoms with Crippen molar-refractivity contribution in [2.24, 2.45) is 0 Å². The molecular weight excluding hydrogens is 236 g/mol. The molecule has 0 unspecified atom stereocenters. The van der Waals surface area contributed by atoms with Gasteiger partial charge in [-0.2, -0.15) is 0 Å². The molecule has 1 aliphatic heterocycles. The minimum atomic E-state index is 0.559. The van der Waals surface area contributed by atoms with Crippen LogP contribution in [-0.2, 0) is 0 Å². The molecule has 0 fully saturated rings. The summed E-state index contributed by atoms with van der Waals surface area (Å²) in [6.07, 6.45) is 1.89. The summed E-state index contributed by atoms with van der Waals surface area (Å²) < 4.78 is 5.62. The summed E-state index contributed by atoms with van der Waals surface area (Å²) in [5.41, 5.74) is 3.62. The number of nitrogens with zero attached hydrogens (tertiary/aromatic N) is 1. The number of rotatable bonds is 2. The number of anilines is 1. The molecule has 0 radical (unpaired) electrons. The van der Waals surface area contributed by atoms with E-state index >= 15 is 0 Å². The van der Waals surface area contributed by atoms with Gasteiger partial charge in [-0.25, -0.2) is 4.98 Å². The molecule has 0 aliphatic carbocycles. The minimum Gasteiger partial charge on any atom is -0.488 e. The van der Waals surface area contributed by atoms with Crippen molar-refractivity contribution in [1.82, 2.24) is 4.98 Å². The number of hydrogen-bond donors (Lipinski definition) is 1. The van der Waals surface area contributed by atoms with Crippen molar-refractivity contribution in [2.45, 2.75) is 19.8 Å². The van der Waals surface area contributed by atoms with E-state index in [9.17, 15) is 0 Å². The molecule has 98 valence electrons. The van der Waals surface area contributed by atoms with Crippen molar-refractivity contribution < 1.29 is 4.74 Å². The highest BCUT2D eigenvalue weighted by Crippen LogP contribution is 2.30. The Balaban J connectivity index is 1.93. The first-order valence-corrected chi connectivity index (χ1v) is 6.71. The highest BCUT2D eigenvalue weighted by molar-refractivity contribution is 5.68. The fourth-order valence-electron chi connectivity index (χ4n) is 2.24. The van der Waals surface area contributed by atoms with Gasteiger partial charge in [-0.3, -0.25) is 0 Å². The van der Waals surface area contributed by atoms with Gasteiger partial charge in [0.15, 0.2) is 11.6 Å². The fourth-order valence-corrected chi connectivity index (χ4v) is 2.24. The first-order chi connectivity index (χ1) is 9.24. The van der Waals surface area contributed by atoms with Crippen molar-refractivity contribution in [3.8, 4) is 16.9 Å². The summed E-state index contributed by atoms with van der Waals surface area (Å²) in [7, 11) is 0. The molecule has 3 heteroatoms. The number of pyridine rings is 1. The summed E-state index contributed by atoms with van der Waals surface area (Å²) in [6.45, 7) is 5.93. The molecule has 1 N–H and O–H groups in total. The molecule has 19 heavy (non-hydrogen) atoms. The molecule has 2 aromatic rings. The highest BCUT2D eigenvalue weighted by atomic mass is 16.5. The van der Waals surface area contributed by atoms with Crippen LogP contribution in [0.25, 0.3) is 11.1 Å². The molecule has 1 aromatic heterocycles. The third-order valence-corrected chi connectivity index (χ3v) is 3.42. The average Bonchev–Trinajstić information content (AvgIpc) is 2.47. The van der Waals surface area contributed by atoms with E-state index < -0.39 is 0 Å². The van der Waals surface area contributed by atoms with Crippen molar-refractivity contribution >= 4 is 5.82 Å². The Morgan fingerprint density at radius 1 is 1.16 bits per heavy atom. The minimum absolute atomic E-state index is 0.559. The quantitative estimate of drug-likeness (QED) is 0.887. The Kier molecular flexibility index (Phi) is 3.11. The van der Waals surface area contributed by atoms with Gasteiger partial charge in [0.25, 0.3) is 0 Å². The van der Waals surface area contributed by atoms with E-state index in [1.807, 2.05) is 6.20 Å². The molecule has 2 heterocycles. The molecule has 0 saturated carbocycles. The van der Waals surface area contributed by atoms with Gasteiger partial charge in [0.2, 0.25) is 0 Å². The molecule has 0 saturated heterocycles. The standard InChI is InChI=1S/C16H18N2O/c1-11(2)12-3-5-13(6-4-12)14-9-15-16(18-10-14)17-7-8-19-15/h3-6,9-11H,7-8H2,1-2H3,(H,17,18). The number of nitrogens with one attached hydrogen (secondary N) is 1. The Morgan fingerprint density at radius 3 is 2.68 bits per heavy atom. The van der Waals surface area contributed by atoms with E-state index in [0.29, 0.717) is 12.5 Å². The molecule has 1 aromatic carbocycles. The van der Waals surface area contributed by atoms with Gasteiger partial charge in [0.1, 0.15) is 6.61 Å². The first kappa shape index (κ1) is 12.0. The first-order valence-electron chi connectivity index (χ1n) is 6.71. The van der Waals surface area contributed by atoms with Crippen LogP contribution in [0.1, 0.15) is 25.3 Å². The maximum Gasteiger partial charge on any atom is 0.168 e. The van der Waals surface area contributed by atoms with E-state index in [4.69, 9.17) is 4.74 Å². The van der Waals surface area contributed by atoms with Gasteiger partial charge < -0.3 is 10.1 Å². The molecule has 1 aliphatic rings. The van der Waals surface area contributed by atoms with Crippen LogP contribution in [0.2, 0.25) is 0 Å². The highest BCUT2D eigenvalue weighted by Gasteiger charge is 2.12. The summed E-state index contributed by atoms with van der Waals surface area (Å²) in [5, 5.41) is 3.23. The Hall–Kier alpha value is -2.03. The molecule has 0 spiro atoms. The average molecular weight is 254 g/mol. The lowest BCUT2D eigenvalue weighted by atomic mass is 9.99. The van der Waals surface area contributed by atoms with E-state index in [0.717, 1.165) is 23.7 Å². The van der Waals surface area contributed by atoms with Crippen LogP contribution in [0, 0.1) is 0 Å². The van der Waals surface area contributed by atoms with Crippen LogP contribution in [0.4, 0.5) is 5.82 Å². The lowest BCUT2D eigenvalue weighted by Crippen LogP contribution is -2.18. The number of hydrogen-bond acceptors (Lipinski definition) is 3. The van der Waals surface area contributed by atoms with Crippen LogP contribution >= 0.6 is 0 Å². The molecule has 3 nitrogen and oxygen atoms in total. The zero-order valence-electron chi connectivity index (χ0n) is 11.3. The van der Waals surface area contributed by atoms with Gasteiger partial charge in [0, 0.05) is 11.8 Å². The van der Waals surface area contributed by atoms with Crippen LogP contribution in [0.3, 0.4) is 0 Å². The maximum absolute atomic E-state index is 5.62. The fraction of sp³-hybridized carbons (Fsp3) is 0.312. The van der Waals surface area contributed by atoms with Crippen molar-refractivity contribution in [3.05, 3.63) is 42.1 Å². The molecule has 3 rings (SSSR count). The normalized spacial score (nSPS) is 13.6. The Labute approximate surface area is 113 Å². The lowest BCUT2D eigenvalue weighted by molar-refractivity contribution is 0.321. The van der Waals surface area contributed by atoms with E-state index in [-0.39, 0.29) is 0 Å². The Morgan fingerprint density at radius 2 is 1.95 bits per heavy atom. The summed E-state index contributed by atoms with van der Waals surface area (Å²) >= 11 is 0. The molecule has 0 bridgehead atoms. The predicted octanol–water partition coefficient (Wildman–Crippen LogP) is 3.68. The maximum atomic E-state index is 5.62. The van der Waals surface area contributed by atoms with Gasteiger partial charge in [0.05, 0.1) is 6.54 Å². The molecule has 0 amide bonds. The zero-order chi connectivity index (χ0) is 13.2. The third-order valence-electron chi connectivity index (χ3n) is 3.42. The van der Waals surface area contributed by atoms with Crippen LogP contribution in [-0.4, -0.2) is 18.1 Å². The topological polar surface area (TPSA) is 34.1 Å². The second-order valence-electron chi connectivity index (χ2n) is 5.12. The number of benzene rings is 1. The van der Waals surface area contributed by atoms with Gasteiger partial charge in [-0.05, 0) is 23.1 Å². The summed E-state index contributed by atoms with van der Waals surface area (Å²) in [5.74, 6) is 2.24. The van der Waals surface area contributed by atoms with Gasteiger partial charge >= 0.3 is 0 Å². The number of ether oxygens (including phenoxy) is 1. The second-order valence-corrected chi connectivity index (χ2v) is 5.12. The lowest BCUT2D eigenvalue weighted by Gasteiger charge is -2.18. The van der Waals surface area contributed by atoms with Crippen molar-refractivity contribution in [3.63, 3.8) is 0 Å². The monoisotopic (exact) mass is 254 g/mol. The molecular formula is C16H18N2O. The SMILES string of the molecule is CC(C)c1ccc(-c2cnc3c(c2)OCCN3)cc1. The van der Waals surface area contributed by atoms with Crippen LogP contribution in [0.5, 0.6) is 5.75 Å². The molecule has 0 atom stereocenters. The Bertz CT molecular complexity index is 576. The van der Waals surface area contributed by atoms with Crippen molar-refractivity contribution in [2.75, 3.05) is 18.5 Å². The van der Waals surface area contributed by atoms with Gasteiger partial charge in [-0.15, -0.1) is 0 Å². The number of fused-ring (bicyclic) bond motifs is 1. The largest absolute Gasteiger partial charge is 0.488 e. The number of aromatic nitrogens is 1. The summed E-state index contributed by atoms with van der Waals surface area (Å²) in [4.78, 5) is 4.42. The van der Waals surface area contributed by atoms with E-state index in [1.54, 1.807) is 0 Å². The van der Waals surface area contributed by atoms with Crippen LogP contribution < -0.4 is 10.1 Å². The van der Waals surface area contributed by atoms with E-state index in [1.165, 1.54) is 11.1 Å². The van der Waals surface area contributed by atoms with Crippen molar-refractivity contribution in [1.29, 1.82) is 0 Å².